The normalized spacial score (nSPS) is 17.4. The molecule has 246 valence electrons. The van der Waals surface area contributed by atoms with Crippen LogP contribution in [0.1, 0.15) is 80.7 Å². The number of nitrogens with zero attached hydrogens (tertiary/aromatic N) is 3. The molecule has 0 saturated heterocycles. The Morgan fingerprint density at radius 3 is 2.40 bits per heavy atom. The van der Waals surface area contributed by atoms with Gasteiger partial charge in [-0.15, -0.1) is 0 Å². The number of imidazole rings is 1. The van der Waals surface area contributed by atoms with Crippen LogP contribution in [-0.2, 0) is 34.6 Å². The lowest BCUT2D eigenvalue weighted by Crippen LogP contribution is -2.38. The molecule has 0 aliphatic heterocycles. The Morgan fingerprint density at radius 1 is 1.11 bits per heavy atom. The summed E-state index contributed by atoms with van der Waals surface area (Å²) in [6.07, 6.45) is 5.54. The molecular formula is C33H45Cl2N5O4S. The highest BCUT2D eigenvalue weighted by Gasteiger charge is 2.25. The third-order valence-electron chi connectivity index (χ3n) is 8.62. The molecule has 2 aromatic carbocycles. The minimum absolute atomic E-state index is 0.0384. The van der Waals surface area contributed by atoms with Gasteiger partial charge in [-0.1, -0.05) is 57.0 Å². The Labute approximate surface area is 277 Å². The first-order valence-electron chi connectivity index (χ1n) is 15.4. The number of amides is 2. The molecule has 1 heterocycles. The number of carbonyl (C=O) groups excluding carboxylic acids is 2. The maximum absolute atomic E-state index is 13.7. The topological polar surface area (TPSA) is 113 Å². The predicted octanol–water partition coefficient (Wildman–Crippen LogP) is 5.92. The summed E-state index contributed by atoms with van der Waals surface area (Å²) in [5.41, 5.74) is 3.42. The molecule has 1 aromatic heterocycles. The van der Waals surface area contributed by atoms with Crippen molar-refractivity contribution in [2.75, 3.05) is 30.5 Å². The van der Waals surface area contributed by atoms with E-state index in [0.717, 1.165) is 36.8 Å². The van der Waals surface area contributed by atoms with Gasteiger partial charge in [0.2, 0.25) is 5.91 Å². The van der Waals surface area contributed by atoms with Crippen LogP contribution in [0.2, 0.25) is 10.0 Å². The molecule has 0 spiro atoms. The van der Waals surface area contributed by atoms with Crippen LogP contribution in [0.3, 0.4) is 0 Å². The summed E-state index contributed by atoms with van der Waals surface area (Å²) in [5, 5.41) is 7.11. The number of aromatic nitrogens is 2. The van der Waals surface area contributed by atoms with Gasteiger partial charge in [-0.2, -0.15) is 0 Å². The van der Waals surface area contributed by atoms with Crippen molar-refractivity contribution < 1.29 is 18.0 Å². The molecule has 12 heteroatoms. The molecule has 2 N–H and O–H groups in total. The first-order chi connectivity index (χ1) is 20.9. The summed E-state index contributed by atoms with van der Waals surface area (Å²) in [6.45, 7) is 8.29. The van der Waals surface area contributed by atoms with E-state index in [-0.39, 0.29) is 36.7 Å². The van der Waals surface area contributed by atoms with E-state index >= 15 is 0 Å². The fourth-order valence-electron chi connectivity index (χ4n) is 5.57. The number of aryl methyl sites for hydroxylation is 1. The van der Waals surface area contributed by atoms with Crippen molar-refractivity contribution in [2.45, 2.75) is 72.4 Å². The first-order valence-corrected chi connectivity index (χ1v) is 18.2. The lowest BCUT2D eigenvalue weighted by atomic mass is 9.87. The van der Waals surface area contributed by atoms with E-state index in [0.29, 0.717) is 50.5 Å². The van der Waals surface area contributed by atoms with Gasteiger partial charge < -0.3 is 20.1 Å². The Bertz CT molecular complexity index is 1690. The number of nitrogens with one attached hydrogen (secondary N) is 2. The highest BCUT2D eigenvalue weighted by Crippen LogP contribution is 2.33. The summed E-state index contributed by atoms with van der Waals surface area (Å²) in [4.78, 5) is 32.8. The predicted molar refractivity (Wildman–Crippen MR) is 183 cm³/mol. The van der Waals surface area contributed by atoms with Crippen LogP contribution in [0.15, 0.2) is 24.3 Å². The number of fused-ring (bicyclic) bond motifs is 1. The molecule has 3 aromatic rings. The van der Waals surface area contributed by atoms with Crippen LogP contribution in [0.25, 0.3) is 11.0 Å². The summed E-state index contributed by atoms with van der Waals surface area (Å²) in [6, 6.07) is 7.36. The maximum atomic E-state index is 13.7. The molecule has 2 amide bonds. The number of carbonyl (C=O) groups is 2. The molecule has 1 saturated carbocycles. The molecule has 0 radical (unpaired) electrons. The summed E-state index contributed by atoms with van der Waals surface area (Å²) in [5.74, 6) is 1.03. The third-order valence-corrected chi connectivity index (χ3v) is 10.4. The van der Waals surface area contributed by atoms with Crippen molar-refractivity contribution in [3.8, 4) is 0 Å². The second-order valence-electron chi connectivity index (χ2n) is 13.5. The van der Waals surface area contributed by atoms with Crippen molar-refractivity contribution in [1.82, 2.24) is 20.2 Å². The monoisotopic (exact) mass is 677 g/mol. The Hall–Kier alpha value is -2.82. The van der Waals surface area contributed by atoms with Crippen LogP contribution in [0, 0.1) is 11.3 Å². The smallest absolute Gasteiger partial charge is 0.253 e. The quantitative estimate of drug-likeness (QED) is 0.275. The number of sulfone groups is 1. The van der Waals surface area contributed by atoms with Gasteiger partial charge in [0.1, 0.15) is 15.7 Å². The second kappa shape index (κ2) is 13.9. The SMILES string of the molecule is CC1CCC(NC(=O)c2cc3nc(Cc4c(Cl)ccc(CNC(=O)C(C)(C)C)c4Cl)n(C)c3cc2N(C)CCS(C)(=O)=O)CC1. The van der Waals surface area contributed by atoms with Crippen LogP contribution in [0.4, 0.5) is 5.69 Å². The molecule has 0 unspecified atom stereocenters. The van der Waals surface area contributed by atoms with E-state index in [9.17, 15) is 18.0 Å². The minimum atomic E-state index is -3.21. The molecule has 0 bridgehead atoms. The highest BCUT2D eigenvalue weighted by molar-refractivity contribution is 7.90. The average Bonchev–Trinajstić information content (AvgIpc) is 3.26. The number of benzene rings is 2. The standard InChI is InChI=1S/C33H45Cl2N5O4S/c1-20-8-11-22(12-9-20)37-31(41)24-16-26-28(18-27(24)39(5)14-15-45(7,43)44)40(6)29(38-26)17-23-25(34)13-10-21(30(23)35)19-36-32(42)33(2,3)4/h10,13,16,18,20,22H,8-9,11-12,14-15,17,19H2,1-7H3,(H,36,42)(H,37,41). The maximum Gasteiger partial charge on any atom is 0.253 e. The van der Waals surface area contributed by atoms with Gasteiger partial charge in [0.15, 0.2) is 0 Å². The Morgan fingerprint density at radius 2 is 1.78 bits per heavy atom. The molecule has 1 aliphatic carbocycles. The van der Waals surface area contributed by atoms with Crippen molar-refractivity contribution in [2.24, 2.45) is 18.4 Å². The van der Waals surface area contributed by atoms with Crippen LogP contribution < -0.4 is 15.5 Å². The highest BCUT2D eigenvalue weighted by atomic mass is 35.5. The molecular weight excluding hydrogens is 633 g/mol. The minimum Gasteiger partial charge on any atom is -0.373 e. The molecule has 4 rings (SSSR count). The summed E-state index contributed by atoms with van der Waals surface area (Å²) < 4.78 is 25.8. The number of hydrogen-bond acceptors (Lipinski definition) is 6. The van der Waals surface area contributed by atoms with E-state index in [4.69, 9.17) is 28.2 Å². The number of anilines is 1. The van der Waals surface area contributed by atoms with Crippen molar-refractivity contribution >= 4 is 61.6 Å². The van der Waals surface area contributed by atoms with E-state index < -0.39 is 15.3 Å². The van der Waals surface area contributed by atoms with Gasteiger partial charge in [0, 0.05) is 56.3 Å². The van der Waals surface area contributed by atoms with E-state index in [2.05, 4.69) is 17.6 Å². The lowest BCUT2D eigenvalue weighted by Gasteiger charge is -2.28. The second-order valence-corrected chi connectivity index (χ2v) is 16.6. The fraction of sp³-hybridized carbons (Fsp3) is 0.545. The molecule has 1 fully saturated rings. The summed E-state index contributed by atoms with van der Waals surface area (Å²) in [7, 11) is 0.484. The van der Waals surface area contributed by atoms with Gasteiger partial charge in [-0.3, -0.25) is 9.59 Å². The molecule has 0 atom stereocenters. The largest absolute Gasteiger partial charge is 0.373 e. The van der Waals surface area contributed by atoms with Gasteiger partial charge >= 0.3 is 0 Å². The third kappa shape index (κ3) is 8.71. The van der Waals surface area contributed by atoms with Gasteiger partial charge in [0.25, 0.3) is 5.91 Å². The van der Waals surface area contributed by atoms with Crippen LogP contribution in [-0.4, -0.2) is 61.4 Å². The Kier molecular flexibility index (Phi) is 10.8. The van der Waals surface area contributed by atoms with E-state index in [1.807, 2.05) is 49.4 Å². The van der Waals surface area contributed by atoms with Gasteiger partial charge in [-0.05, 0) is 60.9 Å². The zero-order valence-electron chi connectivity index (χ0n) is 27.3. The zero-order chi connectivity index (χ0) is 33.3. The van der Waals surface area contributed by atoms with Crippen LogP contribution >= 0.6 is 23.2 Å². The molecule has 45 heavy (non-hydrogen) atoms. The van der Waals surface area contributed by atoms with Crippen molar-refractivity contribution in [1.29, 1.82) is 0 Å². The van der Waals surface area contributed by atoms with Crippen molar-refractivity contribution in [3.05, 3.63) is 56.8 Å². The molecule has 9 nitrogen and oxygen atoms in total. The van der Waals surface area contributed by atoms with Crippen LogP contribution in [0.5, 0.6) is 0 Å². The van der Waals surface area contributed by atoms with Crippen molar-refractivity contribution in [3.63, 3.8) is 0 Å². The fourth-order valence-corrected chi connectivity index (χ4v) is 6.74. The number of hydrogen-bond donors (Lipinski definition) is 2. The first kappa shape index (κ1) is 35.0. The van der Waals surface area contributed by atoms with Gasteiger partial charge in [0.05, 0.1) is 33.1 Å². The summed E-state index contributed by atoms with van der Waals surface area (Å²) >= 11 is 13.5. The number of halogens is 2. The van der Waals surface area contributed by atoms with E-state index in [1.54, 1.807) is 19.2 Å². The lowest BCUT2D eigenvalue weighted by molar-refractivity contribution is -0.128. The Balaban J connectivity index is 1.69. The van der Waals surface area contributed by atoms with E-state index in [1.165, 1.54) is 6.26 Å². The average molecular weight is 679 g/mol. The van der Waals surface area contributed by atoms with Gasteiger partial charge in [-0.25, -0.2) is 13.4 Å². The molecule has 1 aliphatic rings. The number of rotatable bonds is 10. The zero-order valence-corrected chi connectivity index (χ0v) is 29.6.